The summed E-state index contributed by atoms with van der Waals surface area (Å²) >= 11 is 8.06. The SMILES string of the molecule is Fc1cc(-n2c(-c3cccnc3)n[nH]c2=S)c(F)cc1Br. The second-order valence-corrected chi connectivity index (χ2v) is 5.39. The van der Waals surface area contributed by atoms with Crippen molar-refractivity contribution in [3.63, 3.8) is 0 Å². The number of rotatable bonds is 2. The predicted octanol–water partition coefficient (Wildman–Crippen LogP) is 4.03. The molecule has 106 valence electrons. The third-order valence-electron chi connectivity index (χ3n) is 2.82. The molecule has 3 rings (SSSR count). The number of aromatic nitrogens is 4. The van der Waals surface area contributed by atoms with Crippen LogP contribution in [0.2, 0.25) is 0 Å². The van der Waals surface area contributed by atoms with Crippen LogP contribution >= 0.6 is 28.1 Å². The van der Waals surface area contributed by atoms with Gasteiger partial charge < -0.3 is 0 Å². The number of halogens is 3. The summed E-state index contributed by atoms with van der Waals surface area (Å²) < 4.78 is 29.4. The quantitative estimate of drug-likeness (QED) is 0.548. The van der Waals surface area contributed by atoms with Crippen LogP contribution in [0.15, 0.2) is 41.1 Å². The molecule has 1 aromatic carbocycles. The van der Waals surface area contributed by atoms with Crippen molar-refractivity contribution in [2.45, 2.75) is 0 Å². The molecule has 0 fully saturated rings. The summed E-state index contributed by atoms with van der Waals surface area (Å²) in [4.78, 5) is 3.98. The molecule has 21 heavy (non-hydrogen) atoms. The van der Waals surface area contributed by atoms with Gasteiger partial charge >= 0.3 is 0 Å². The number of pyridine rings is 1. The fourth-order valence-electron chi connectivity index (χ4n) is 1.89. The van der Waals surface area contributed by atoms with Gasteiger partial charge in [-0.15, -0.1) is 0 Å². The first kappa shape index (κ1) is 14.0. The average molecular weight is 369 g/mol. The Morgan fingerprint density at radius 1 is 1.24 bits per heavy atom. The van der Waals surface area contributed by atoms with Crippen LogP contribution in [-0.2, 0) is 0 Å². The Morgan fingerprint density at radius 3 is 2.76 bits per heavy atom. The molecular weight excluding hydrogens is 362 g/mol. The highest BCUT2D eigenvalue weighted by Crippen LogP contribution is 2.26. The molecule has 0 bridgehead atoms. The molecule has 2 aromatic heterocycles. The maximum atomic E-state index is 14.1. The van der Waals surface area contributed by atoms with Gasteiger partial charge in [-0.1, -0.05) is 0 Å². The van der Waals surface area contributed by atoms with Crippen LogP contribution in [0.5, 0.6) is 0 Å². The minimum absolute atomic E-state index is 0.0201. The molecule has 2 heterocycles. The van der Waals surface area contributed by atoms with Crippen LogP contribution in [0.3, 0.4) is 0 Å². The van der Waals surface area contributed by atoms with E-state index >= 15 is 0 Å². The van der Waals surface area contributed by atoms with Gasteiger partial charge in [-0.3, -0.25) is 14.6 Å². The zero-order chi connectivity index (χ0) is 15.0. The molecule has 0 aliphatic rings. The molecule has 1 N–H and O–H groups in total. The minimum Gasteiger partial charge on any atom is -0.265 e. The minimum atomic E-state index is -0.620. The first-order chi connectivity index (χ1) is 10.1. The summed E-state index contributed by atoms with van der Waals surface area (Å²) in [5.41, 5.74) is 0.612. The Hall–Kier alpha value is -1.93. The number of hydrogen-bond donors (Lipinski definition) is 1. The average Bonchev–Trinajstić information content (AvgIpc) is 2.85. The van der Waals surface area contributed by atoms with Crippen molar-refractivity contribution in [2.75, 3.05) is 0 Å². The molecule has 3 aromatic rings. The highest BCUT2D eigenvalue weighted by molar-refractivity contribution is 9.10. The summed E-state index contributed by atoms with van der Waals surface area (Å²) in [6.07, 6.45) is 3.17. The van der Waals surface area contributed by atoms with Crippen LogP contribution in [0.4, 0.5) is 8.78 Å². The van der Waals surface area contributed by atoms with Gasteiger partial charge in [0.05, 0.1) is 10.2 Å². The van der Waals surface area contributed by atoms with E-state index in [0.29, 0.717) is 11.4 Å². The summed E-state index contributed by atoms with van der Waals surface area (Å²) in [7, 11) is 0. The Morgan fingerprint density at radius 2 is 2.05 bits per heavy atom. The molecule has 0 saturated heterocycles. The van der Waals surface area contributed by atoms with Crippen molar-refractivity contribution >= 4 is 28.1 Å². The van der Waals surface area contributed by atoms with Crippen LogP contribution in [0, 0.1) is 16.4 Å². The lowest BCUT2D eigenvalue weighted by atomic mass is 10.2. The standard InChI is InChI=1S/C13H7BrF2N4S/c14-8-4-10(16)11(5-9(8)15)20-12(18-19-13(20)21)7-2-1-3-17-6-7/h1-6H,(H,19,21). The van der Waals surface area contributed by atoms with Crippen LogP contribution in [0.25, 0.3) is 17.1 Å². The molecule has 4 nitrogen and oxygen atoms in total. The maximum absolute atomic E-state index is 14.1. The van der Waals surface area contributed by atoms with Crippen molar-refractivity contribution < 1.29 is 8.78 Å². The van der Waals surface area contributed by atoms with E-state index in [1.54, 1.807) is 24.5 Å². The second-order valence-electron chi connectivity index (χ2n) is 4.15. The molecule has 8 heteroatoms. The Bertz CT molecular complexity index is 860. The molecule has 0 atom stereocenters. The van der Waals surface area contributed by atoms with Crippen molar-refractivity contribution in [1.29, 1.82) is 0 Å². The molecule has 0 unspecified atom stereocenters. The van der Waals surface area contributed by atoms with Gasteiger partial charge in [0.25, 0.3) is 0 Å². The Balaban J connectivity index is 2.27. The molecule has 0 aliphatic heterocycles. The lowest BCUT2D eigenvalue weighted by Crippen LogP contribution is -2.02. The van der Waals surface area contributed by atoms with Crippen molar-refractivity contribution in [3.05, 3.63) is 57.5 Å². The predicted molar refractivity (Wildman–Crippen MR) is 79.6 cm³/mol. The topological polar surface area (TPSA) is 46.5 Å². The molecule has 0 aliphatic carbocycles. The summed E-state index contributed by atoms with van der Waals surface area (Å²) in [6, 6.07) is 5.58. The number of nitrogens with one attached hydrogen (secondary N) is 1. The highest BCUT2D eigenvalue weighted by Gasteiger charge is 2.16. The molecule has 0 amide bonds. The third-order valence-corrected chi connectivity index (χ3v) is 3.70. The van der Waals surface area contributed by atoms with Crippen molar-refractivity contribution in [1.82, 2.24) is 19.7 Å². The van der Waals surface area contributed by atoms with Gasteiger partial charge in [-0.2, -0.15) is 5.10 Å². The van der Waals surface area contributed by atoms with E-state index in [-0.39, 0.29) is 14.9 Å². The van der Waals surface area contributed by atoms with E-state index in [4.69, 9.17) is 12.2 Å². The van der Waals surface area contributed by atoms with Crippen molar-refractivity contribution in [3.8, 4) is 17.1 Å². The van der Waals surface area contributed by atoms with Gasteiger partial charge in [-0.25, -0.2) is 8.78 Å². The van der Waals surface area contributed by atoms with E-state index in [1.165, 1.54) is 4.57 Å². The lowest BCUT2D eigenvalue weighted by Gasteiger charge is -2.09. The Labute approximate surface area is 131 Å². The molecule has 0 radical (unpaired) electrons. The normalized spacial score (nSPS) is 10.8. The highest BCUT2D eigenvalue weighted by atomic mass is 79.9. The maximum Gasteiger partial charge on any atom is 0.200 e. The number of nitrogens with zero attached hydrogens (tertiary/aromatic N) is 3. The smallest absolute Gasteiger partial charge is 0.200 e. The molecular formula is C13H7BrF2N4S. The summed E-state index contributed by atoms with van der Waals surface area (Å²) in [6.45, 7) is 0. The van der Waals surface area contributed by atoms with Crippen molar-refractivity contribution in [2.24, 2.45) is 0 Å². The number of aromatic amines is 1. The van der Waals surface area contributed by atoms with E-state index < -0.39 is 11.6 Å². The monoisotopic (exact) mass is 368 g/mol. The van der Waals surface area contributed by atoms with Gasteiger partial charge in [0.2, 0.25) is 0 Å². The molecule has 0 spiro atoms. The molecule has 0 saturated carbocycles. The van der Waals surface area contributed by atoms with Crippen LogP contribution in [-0.4, -0.2) is 19.7 Å². The van der Waals surface area contributed by atoms with E-state index in [0.717, 1.165) is 12.1 Å². The van der Waals surface area contributed by atoms with E-state index in [9.17, 15) is 8.78 Å². The second kappa shape index (κ2) is 5.45. The number of hydrogen-bond acceptors (Lipinski definition) is 3. The Kier molecular flexibility index (Phi) is 3.64. The van der Waals surface area contributed by atoms with Gasteiger partial charge in [0.1, 0.15) is 11.6 Å². The first-order valence-corrected chi connectivity index (χ1v) is 7.01. The summed E-state index contributed by atoms with van der Waals surface area (Å²) in [5.74, 6) is -0.855. The van der Waals surface area contributed by atoms with Crippen LogP contribution < -0.4 is 0 Å². The van der Waals surface area contributed by atoms with E-state index in [1.807, 2.05) is 0 Å². The van der Waals surface area contributed by atoms with Gasteiger partial charge in [0, 0.05) is 24.0 Å². The zero-order valence-electron chi connectivity index (χ0n) is 10.3. The van der Waals surface area contributed by atoms with Gasteiger partial charge in [-0.05, 0) is 46.3 Å². The van der Waals surface area contributed by atoms with E-state index in [2.05, 4.69) is 31.1 Å². The largest absolute Gasteiger partial charge is 0.265 e. The zero-order valence-corrected chi connectivity index (χ0v) is 12.8. The summed E-state index contributed by atoms with van der Waals surface area (Å²) in [5, 5.41) is 6.64. The number of H-pyrrole nitrogens is 1. The first-order valence-electron chi connectivity index (χ1n) is 5.80. The third kappa shape index (κ3) is 2.52. The number of benzene rings is 1. The fraction of sp³-hybridized carbons (Fsp3) is 0. The van der Waals surface area contributed by atoms with Crippen LogP contribution in [0.1, 0.15) is 0 Å². The lowest BCUT2D eigenvalue weighted by molar-refractivity contribution is 0.587. The fourth-order valence-corrected chi connectivity index (χ4v) is 2.44. The van der Waals surface area contributed by atoms with Gasteiger partial charge in [0.15, 0.2) is 10.6 Å².